The summed E-state index contributed by atoms with van der Waals surface area (Å²) in [6, 6.07) is 22.8. The number of hydrogen-bond acceptors (Lipinski definition) is 6. The minimum atomic E-state index is -1.32. The van der Waals surface area contributed by atoms with Gasteiger partial charge in [-0.1, -0.05) is 42.5 Å². The summed E-state index contributed by atoms with van der Waals surface area (Å²) < 4.78 is 17.8. The lowest BCUT2D eigenvalue weighted by molar-refractivity contribution is -0.240. The van der Waals surface area contributed by atoms with Gasteiger partial charge in [0.2, 0.25) is 0 Å². The number of rotatable bonds is 6. The van der Waals surface area contributed by atoms with Crippen molar-refractivity contribution in [1.29, 1.82) is 5.26 Å². The van der Waals surface area contributed by atoms with Crippen molar-refractivity contribution in [2.24, 2.45) is 5.92 Å². The van der Waals surface area contributed by atoms with Crippen molar-refractivity contribution in [3.63, 3.8) is 0 Å². The van der Waals surface area contributed by atoms with Gasteiger partial charge >= 0.3 is 11.9 Å². The first-order chi connectivity index (χ1) is 17.8. The zero-order valence-electron chi connectivity index (χ0n) is 20.2. The maximum absolute atomic E-state index is 13.2. The third-order valence-corrected chi connectivity index (χ3v) is 7.17. The van der Waals surface area contributed by atoms with E-state index >= 15 is 0 Å². The van der Waals surface area contributed by atoms with Gasteiger partial charge < -0.3 is 19.2 Å². The molecular weight excluding hydrogens is 583 g/mol. The van der Waals surface area contributed by atoms with E-state index in [2.05, 4.69) is 33.6 Å². The van der Waals surface area contributed by atoms with Crippen molar-refractivity contribution in [3.8, 4) is 11.8 Å². The molecule has 3 aromatic carbocycles. The van der Waals surface area contributed by atoms with Crippen LogP contribution in [0.2, 0.25) is 0 Å². The first-order valence-electron chi connectivity index (χ1n) is 11.7. The highest BCUT2D eigenvalue weighted by Gasteiger charge is 2.48. The topological polar surface area (TPSA) is 101 Å². The number of nitrogens with zero attached hydrogens (tertiary/aromatic N) is 1. The number of cyclic esters (lactones) is 2. The number of ether oxygens (including phenoxy) is 3. The highest BCUT2D eigenvalue weighted by molar-refractivity contribution is 14.1. The van der Waals surface area contributed by atoms with Crippen molar-refractivity contribution >= 4 is 45.4 Å². The predicted octanol–water partition coefficient (Wildman–Crippen LogP) is 5.81. The number of carbonyl (C=O) groups excluding carboxylic acids is 2. The molecule has 8 heteroatoms. The molecule has 0 aliphatic carbocycles. The molecule has 0 spiro atoms. The summed E-state index contributed by atoms with van der Waals surface area (Å²) in [5.41, 5.74) is 3.79. The summed E-state index contributed by atoms with van der Waals surface area (Å²) in [5, 5.41) is 10.3. The van der Waals surface area contributed by atoms with Crippen LogP contribution in [0.15, 0.2) is 72.9 Å². The second-order valence-electron chi connectivity index (χ2n) is 9.23. The molecule has 0 bridgehead atoms. The summed E-state index contributed by atoms with van der Waals surface area (Å²) in [7, 11) is 0. The smallest absolute Gasteiger partial charge is 0.324 e. The number of fused-ring (bicyclic) bond motifs is 1. The minimum Gasteiger partial charge on any atom is -0.488 e. The molecule has 2 heterocycles. The van der Waals surface area contributed by atoms with E-state index in [4.69, 9.17) is 14.2 Å². The molecule has 1 aliphatic rings. The third-order valence-electron chi connectivity index (χ3n) is 6.33. The lowest BCUT2D eigenvalue weighted by Crippen LogP contribution is -2.48. The van der Waals surface area contributed by atoms with Crippen LogP contribution in [0.3, 0.4) is 0 Å². The molecule has 0 unspecified atom stereocenters. The molecule has 1 atom stereocenters. The molecular formula is C29H23IN2O5. The van der Waals surface area contributed by atoms with E-state index < -0.39 is 29.6 Å². The maximum atomic E-state index is 13.2. The van der Waals surface area contributed by atoms with Gasteiger partial charge in [0.05, 0.1) is 15.2 Å². The van der Waals surface area contributed by atoms with Crippen LogP contribution in [0, 0.1) is 20.8 Å². The average Bonchev–Trinajstić information content (AvgIpc) is 3.29. The number of benzene rings is 3. The average molecular weight is 606 g/mol. The third kappa shape index (κ3) is 4.91. The molecule has 0 radical (unpaired) electrons. The number of carbonyl (C=O) groups is 2. The van der Waals surface area contributed by atoms with Gasteiger partial charge in [-0.3, -0.25) is 9.59 Å². The minimum absolute atomic E-state index is 0.237. The molecule has 1 saturated heterocycles. The van der Waals surface area contributed by atoms with Crippen LogP contribution in [0.5, 0.6) is 5.75 Å². The summed E-state index contributed by atoms with van der Waals surface area (Å²) in [6.45, 7) is 3.32. The first kappa shape index (κ1) is 24.8. The lowest BCUT2D eigenvalue weighted by Gasteiger charge is -2.36. The van der Waals surface area contributed by atoms with E-state index in [0.29, 0.717) is 11.3 Å². The number of nitrogens with one attached hydrogen (secondary N) is 1. The fourth-order valence-electron chi connectivity index (χ4n) is 4.64. The zero-order chi connectivity index (χ0) is 26.2. The summed E-state index contributed by atoms with van der Waals surface area (Å²) in [5.74, 6) is -3.75. The molecule has 0 saturated carbocycles. The van der Waals surface area contributed by atoms with Crippen molar-refractivity contribution in [2.75, 3.05) is 0 Å². The number of esters is 2. The summed E-state index contributed by atoms with van der Waals surface area (Å²) >= 11 is 2.17. The molecule has 1 aromatic heterocycles. The van der Waals surface area contributed by atoms with Gasteiger partial charge in [-0.05, 0) is 58.0 Å². The molecule has 0 amide bonds. The van der Waals surface area contributed by atoms with E-state index in [1.54, 1.807) is 19.9 Å². The van der Waals surface area contributed by atoms with Crippen molar-refractivity contribution in [2.45, 2.75) is 32.2 Å². The van der Waals surface area contributed by atoms with E-state index in [-0.39, 0.29) is 6.61 Å². The molecule has 37 heavy (non-hydrogen) atoms. The highest BCUT2D eigenvalue weighted by atomic mass is 127. The lowest BCUT2D eigenvalue weighted by atomic mass is 9.80. The van der Waals surface area contributed by atoms with Crippen molar-refractivity contribution in [3.05, 3.63) is 98.8 Å². The summed E-state index contributed by atoms with van der Waals surface area (Å²) in [6.07, 6.45) is 1.83. The van der Waals surface area contributed by atoms with Crippen molar-refractivity contribution < 1.29 is 23.8 Å². The Kier molecular flexibility index (Phi) is 6.65. The molecule has 1 aliphatic heterocycles. The van der Waals surface area contributed by atoms with Crippen LogP contribution in [0.4, 0.5) is 0 Å². The second-order valence-corrected chi connectivity index (χ2v) is 10.4. The number of H-pyrrole nitrogens is 1. The molecule has 4 aromatic rings. The van der Waals surface area contributed by atoms with Crippen molar-refractivity contribution in [1.82, 2.24) is 4.98 Å². The Balaban J connectivity index is 1.53. The Morgan fingerprint density at radius 2 is 1.76 bits per heavy atom. The van der Waals surface area contributed by atoms with Gasteiger partial charge in [0.15, 0.2) is 5.92 Å². The number of para-hydroxylation sites is 1. The Labute approximate surface area is 227 Å². The molecule has 186 valence electrons. The first-order valence-corrected chi connectivity index (χ1v) is 12.8. The van der Waals surface area contributed by atoms with E-state index in [1.165, 1.54) is 0 Å². The van der Waals surface area contributed by atoms with Crippen LogP contribution in [0.25, 0.3) is 10.9 Å². The molecule has 7 nitrogen and oxygen atoms in total. The van der Waals surface area contributed by atoms with Crippen LogP contribution in [-0.4, -0.2) is 22.7 Å². The Hall–Kier alpha value is -3.84. The fourth-order valence-corrected chi connectivity index (χ4v) is 5.34. The number of aromatic amines is 1. The number of hydrogen-bond donors (Lipinski definition) is 1. The Bertz CT molecular complexity index is 1530. The van der Waals surface area contributed by atoms with E-state index in [9.17, 15) is 14.9 Å². The number of nitriles is 1. The van der Waals surface area contributed by atoms with E-state index in [0.717, 1.165) is 31.2 Å². The van der Waals surface area contributed by atoms with Crippen LogP contribution >= 0.6 is 22.6 Å². The fraction of sp³-hybridized carbons (Fsp3) is 0.207. The quantitative estimate of drug-likeness (QED) is 0.169. The standard InChI is InChI=1S/C29H23IN2O5/c1-29(2)36-27(33)26(28(34)37-29)25(21-15-32-23-10-6-5-9-20(21)23)17-11-12-24(22(30)13-17)35-16-19-8-4-3-7-18(19)14-31/h3-13,15,25-26,32H,16H2,1-2H3/t25-/m0/s1. The monoisotopic (exact) mass is 606 g/mol. The van der Waals surface area contributed by atoms with Gasteiger partial charge in [0.25, 0.3) is 5.79 Å². The Morgan fingerprint density at radius 1 is 1.05 bits per heavy atom. The van der Waals surface area contributed by atoms with Gasteiger partial charge in [0, 0.05) is 42.4 Å². The summed E-state index contributed by atoms with van der Waals surface area (Å²) in [4.78, 5) is 29.5. The van der Waals surface area contributed by atoms with Crippen LogP contribution < -0.4 is 4.74 Å². The normalized spacial score (nSPS) is 16.1. The molecule has 1 fully saturated rings. The SMILES string of the molecule is CC1(C)OC(=O)C([C@@H](c2ccc(OCc3ccccc3C#N)c(I)c2)c2c[nH]c3ccccc23)C(=O)O1. The van der Waals surface area contributed by atoms with Crippen LogP contribution in [-0.2, 0) is 25.7 Å². The maximum Gasteiger partial charge on any atom is 0.324 e. The van der Waals surface area contributed by atoms with Crippen LogP contribution in [0.1, 0.15) is 42.0 Å². The molecule has 1 N–H and O–H groups in total. The van der Waals surface area contributed by atoms with Gasteiger partial charge in [0.1, 0.15) is 12.4 Å². The largest absolute Gasteiger partial charge is 0.488 e. The van der Waals surface area contributed by atoms with E-state index in [1.807, 2.05) is 66.9 Å². The molecule has 5 rings (SSSR count). The Morgan fingerprint density at radius 3 is 2.49 bits per heavy atom. The zero-order valence-corrected chi connectivity index (χ0v) is 22.3. The predicted molar refractivity (Wildman–Crippen MR) is 145 cm³/mol. The van der Waals surface area contributed by atoms with Gasteiger partial charge in [-0.25, -0.2) is 0 Å². The van der Waals surface area contributed by atoms with Gasteiger partial charge in [-0.2, -0.15) is 5.26 Å². The second kappa shape index (κ2) is 9.90. The number of aromatic nitrogens is 1. The van der Waals surface area contributed by atoms with Gasteiger partial charge in [-0.15, -0.1) is 0 Å². The highest BCUT2D eigenvalue weighted by Crippen LogP contribution is 2.42. The number of halogens is 1.